The number of nitrogens with zero attached hydrogens (tertiary/aromatic N) is 3. The van der Waals surface area contributed by atoms with Crippen molar-refractivity contribution in [3.8, 4) is 0 Å². The molecule has 0 unspecified atom stereocenters. The minimum atomic E-state index is -0.312. The Kier molecular flexibility index (Phi) is 5.45. The molecular weight excluding hydrogens is 340 g/mol. The van der Waals surface area contributed by atoms with Gasteiger partial charge in [-0.1, -0.05) is 37.3 Å². The average Bonchev–Trinajstić information content (AvgIpc) is 3.11. The number of carbonyl (C=O) groups excluding carboxylic acids is 2. The van der Waals surface area contributed by atoms with Gasteiger partial charge in [-0.15, -0.1) is 0 Å². The average molecular weight is 362 g/mol. The highest BCUT2D eigenvalue weighted by Gasteiger charge is 2.18. The summed E-state index contributed by atoms with van der Waals surface area (Å²) in [6, 6.07) is 13.2. The van der Waals surface area contributed by atoms with E-state index in [1.165, 1.54) is 0 Å². The van der Waals surface area contributed by atoms with Crippen LogP contribution < -0.4 is 5.32 Å². The Hall–Kier alpha value is -3.28. The molecule has 2 aromatic heterocycles. The quantitative estimate of drug-likeness (QED) is 0.684. The first kappa shape index (κ1) is 18.5. The highest BCUT2D eigenvalue weighted by molar-refractivity contribution is 6.00. The third-order valence-electron chi connectivity index (χ3n) is 4.49. The lowest BCUT2D eigenvalue weighted by Gasteiger charge is -2.14. The summed E-state index contributed by atoms with van der Waals surface area (Å²) in [5, 5.41) is 6.68. The van der Waals surface area contributed by atoms with Gasteiger partial charge in [-0.3, -0.25) is 14.3 Å². The molecule has 0 bridgehead atoms. The zero-order valence-electron chi connectivity index (χ0n) is 15.6. The fraction of sp³-hybridized carbons (Fsp3) is 0.238. The molecule has 0 saturated carbocycles. The van der Waals surface area contributed by atoms with Gasteiger partial charge in [0.1, 0.15) is 5.69 Å². The molecule has 0 aliphatic heterocycles. The fourth-order valence-corrected chi connectivity index (χ4v) is 2.94. The van der Waals surface area contributed by atoms with Crippen LogP contribution in [0, 0.1) is 0 Å². The van der Waals surface area contributed by atoms with Crippen LogP contribution in [-0.4, -0.2) is 33.5 Å². The monoisotopic (exact) mass is 362 g/mol. The molecular formula is C21H22N4O2. The van der Waals surface area contributed by atoms with Crippen LogP contribution >= 0.6 is 0 Å². The first-order valence-corrected chi connectivity index (χ1v) is 8.77. The molecule has 3 aromatic rings. The number of Topliss-reactive ketones (excluding diaryl/α,β-unsaturated/α-hetero) is 1. The standard InChI is InChI=1S/C21H22N4O2/c1-14(16-7-5-4-6-8-16)18-10-17(11-19(24-18)21(27)22-2)20(26)9-15-12-23-25(3)13-15/h4-8,10-14H,9H2,1-3H3,(H,22,27)/t14-/m0/s1. The van der Waals surface area contributed by atoms with Gasteiger partial charge in [0.25, 0.3) is 5.91 Å². The number of amides is 1. The van der Waals surface area contributed by atoms with Crippen molar-refractivity contribution in [1.29, 1.82) is 0 Å². The number of pyridine rings is 1. The van der Waals surface area contributed by atoms with Crippen molar-refractivity contribution < 1.29 is 9.59 Å². The van der Waals surface area contributed by atoms with E-state index in [1.807, 2.05) is 50.5 Å². The van der Waals surface area contributed by atoms with Gasteiger partial charge in [0.05, 0.1) is 6.20 Å². The predicted octanol–water partition coefficient (Wildman–Crippen LogP) is 2.75. The Morgan fingerprint density at radius 2 is 1.93 bits per heavy atom. The Labute approximate surface area is 158 Å². The second kappa shape index (κ2) is 7.95. The number of aryl methyl sites for hydroxylation is 1. The Bertz CT molecular complexity index is 963. The van der Waals surface area contributed by atoms with Crippen LogP contribution in [0.3, 0.4) is 0 Å². The van der Waals surface area contributed by atoms with E-state index in [9.17, 15) is 9.59 Å². The number of rotatable bonds is 6. The molecule has 138 valence electrons. The summed E-state index contributed by atoms with van der Waals surface area (Å²) in [6.45, 7) is 2.01. The molecule has 1 aromatic carbocycles. The van der Waals surface area contributed by atoms with Crippen molar-refractivity contribution in [3.05, 3.63) is 82.9 Å². The molecule has 0 radical (unpaired) electrons. The maximum atomic E-state index is 12.8. The molecule has 6 heteroatoms. The van der Waals surface area contributed by atoms with Crippen molar-refractivity contribution in [3.63, 3.8) is 0 Å². The van der Waals surface area contributed by atoms with E-state index in [-0.39, 0.29) is 29.7 Å². The van der Waals surface area contributed by atoms with Crippen LogP contribution in [0.2, 0.25) is 0 Å². The zero-order valence-corrected chi connectivity index (χ0v) is 15.6. The van der Waals surface area contributed by atoms with Gasteiger partial charge in [0, 0.05) is 43.9 Å². The molecule has 1 atom stereocenters. The van der Waals surface area contributed by atoms with Gasteiger partial charge >= 0.3 is 0 Å². The maximum absolute atomic E-state index is 12.8. The van der Waals surface area contributed by atoms with Crippen LogP contribution in [0.4, 0.5) is 0 Å². The molecule has 0 saturated heterocycles. The van der Waals surface area contributed by atoms with E-state index in [1.54, 1.807) is 30.1 Å². The van der Waals surface area contributed by atoms with E-state index < -0.39 is 0 Å². The molecule has 27 heavy (non-hydrogen) atoms. The van der Waals surface area contributed by atoms with E-state index >= 15 is 0 Å². The third-order valence-corrected chi connectivity index (χ3v) is 4.49. The highest BCUT2D eigenvalue weighted by Crippen LogP contribution is 2.24. The third kappa shape index (κ3) is 4.28. The lowest BCUT2D eigenvalue weighted by Crippen LogP contribution is -2.21. The molecule has 1 amide bonds. The smallest absolute Gasteiger partial charge is 0.269 e. The van der Waals surface area contributed by atoms with Crippen molar-refractivity contribution in [1.82, 2.24) is 20.1 Å². The Morgan fingerprint density at radius 3 is 2.56 bits per heavy atom. The number of carbonyl (C=O) groups is 2. The van der Waals surface area contributed by atoms with Crippen molar-refractivity contribution in [2.24, 2.45) is 7.05 Å². The summed E-state index contributed by atoms with van der Waals surface area (Å²) in [7, 11) is 3.36. The number of benzene rings is 1. The molecule has 1 N–H and O–H groups in total. The molecule has 0 spiro atoms. The molecule has 0 aliphatic carbocycles. The van der Waals surface area contributed by atoms with Gasteiger partial charge in [-0.25, -0.2) is 4.98 Å². The number of aromatic nitrogens is 3. The maximum Gasteiger partial charge on any atom is 0.269 e. The SMILES string of the molecule is CNC(=O)c1cc(C(=O)Cc2cnn(C)c2)cc([C@@H](C)c2ccccc2)n1. The summed E-state index contributed by atoms with van der Waals surface area (Å²) in [5.74, 6) is -0.426. The lowest BCUT2D eigenvalue weighted by atomic mass is 9.94. The van der Waals surface area contributed by atoms with Crippen LogP contribution in [-0.2, 0) is 13.5 Å². The zero-order chi connectivity index (χ0) is 19.4. The predicted molar refractivity (Wildman–Crippen MR) is 103 cm³/mol. The van der Waals surface area contributed by atoms with Gasteiger partial charge in [-0.2, -0.15) is 5.10 Å². The normalized spacial score (nSPS) is 11.8. The van der Waals surface area contributed by atoms with E-state index in [2.05, 4.69) is 15.4 Å². The lowest BCUT2D eigenvalue weighted by molar-refractivity contribution is 0.0958. The highest BCUT2D eigenvalue weighted by atomic mass is 16.1. The number of ketones is 1. The van der Waals surface area contributed by atoms with Gasteiger partial charge in [0.2, 0.25) is 0 Å². The molecule has 6 nitrogen and oxygen atoms in total. The van der Waals surface area contributed by atoms with E-state index in [4.69, 9.17) is 0 Å². The minimum absolute atomic E-state index is 0.0410. The van der Waals surface area contributed by atoms with Crippen LogP contribution in [0.25, 0.3) is 0 Å². The van der Waals surface area contributed by atoms with Crippen LogP contribution in [0.5, 0.6) is 0 Å². The summed E-state index contributed by atoms with van der Waals surface area (Å²) < 4.78 is 1.66. The van der Waals surface area contributed by atoms with Crippen molar-refractivity contribution in [2.75, 3.05) is 7.05 Å². The topological polar surface area (TPSA) is 76.9 Å². The van der Waals surface area contributed by atoms with Gasteiger partial charge < -0.3 is 5.32 Å². The van der Waals surface area contributed by atoms with E-state index in [0.29, 0.717) is 11.3 Å². The first-order valence-electron chi connectivity index (χ1n) is 8.77. The van der Waals surface area contributed by atoms with Crippen molar-refractivity contribution in [2.45, 2.75) is 19.3 Å². The number of hydrogen-bond acceptors (Lipinski definition) is 4. The summed E-state index contributed by atoms with van der Waals surface area (Å²) >= 11 is 0. The number of nitrogens with one attached hydrogen (secondary N) is 1. The minimum Gasteiger partial charge on any atom is -0.354 e. The second-order valence-corrected chi connectivity index (χ2v) is 6.50. The van der Waals surface area contributed by atoms with Gasteiger partial charge in [0.15, 0.2) is 5.78 Å². The summed E-state index contributed by atoms with van der Waals surface area (Å²) in [4.78, 5) is 29.5. The first-order chi connectivity index (χ1) is 13.0. The molecule has 2 heterocycles. The van der Waals surface area contributed by atoms with Crippen LogP contribution in [0.1, 0.15) is 50.5 Å². The molecule has 3 rings (SSSR count). The van der Waals surface area contributed by atoms with Gasteiger partial charge in [-0.05, 0) is 23.3 Å². The second-order valence-electron chi connectivity index (χ2n) is 6.50. The number of hydrogen-bond donors (Lipinski definition) is 1. The van der Waals surface area contributed by atoms with E-state index in [0.717, 1.165) is 11.1 Å². The summed E-state index contributed by atoms with van der Waals surface area (Å²) in [6.07, 6.45) is 3.71. The fourth-order valence-electron chi connectivity index (χ4n) is 2.94. The Balaban J connectivity index is 1.97. The molecule has 0 fully saturated rings. The van der Waals surface area contributed by atoms with Crippen LogP contribution in [0.15, 0.2) is 54.9 Å². The Morgan fingerprint density at radius 1 is 1.19 bits per heavy atom. The molecule has 0 aliphatic rings. The van der Waals surface area contributed by atoms with Crippen molar-refractivity contribution >= 4 is 11.7 Å². The largest absolute Gasteiger partial charge is 0.354 e. The summed E-state index contributed by atoms with van der Waals surface area (Å²) in [5.41, 5.74) is 3.32.